The van der Waals surface area contributed by atoms with Gasteiger partial charge in [-0.1, -0.05) is 18.2 Å². The minimum Gasteiger partial charge on any atom is -0.326 e. The van der Waals surface area contributed by atoms with Crippen molar-refractivity contribution < 1.29 is 9.18 Å². The quantitative estimate of drug-likeness (QED) is 0.738. The van der Waals surface area contributed by atoms with Gasteiger partial charge in [-0.05, 0) is 43.7 Å². The highest BCUT2D eigenvalue weighted by Gasteiger charge is 2.26. The summed E-state index contributed by atoms with van der Waals surface area (Å²) in [4.78, 5) is 27.1. The highest BCUT2D eigenvalue weighted by atomic mass is 19.1. The van der Waals surface area contributed by atoms with Crippen molar-refractivity contribution in [2.24, 2.45) is 20.0 Å². The zero-order valence-corrected chi connectivity index (χ0v) is 16.7. The third-order valence-electron chi connectivity index (χ3n) is 5.77. The van der Waals surface area contributed by atoms with Crippen LogP contribution in [0.2, 0.25) is 0 Å². The lowest BCUT2D eigenvalue weighted by Gasteiger charge is -2.32. The Morgan fingerprint density at radius 3 is 2.69 bits per heavy atom. The molecule has 2 aromatic carbocycles. The Labute approximate surface area is 168 Å². The number of benzene rings is 2. The largest absolute Gasteiger partial charge is 0.328 e. The minimum atomic E-state index is -0.208. The van der Waals surface area contributed by atoms with E-state index in [1.165, 1.54) is 6.07 Å². The molecule has 7 heteroatoms. The van der Waals surface area contributed by atoms with Crippen molar-refractivity contribution in [3.8, 4) is 0 Å². The Morgan fingerprint density at radius 2 is 1.90 bits per heavy atom. The van der Waals surface area contributed by atoms with E-state index in [1.807, 2.05) is 24.3 Å². The first-order chi connectivity index (χ1) is 13.9. The normalized spacial score (nSPS) is 17.6. The molecule has 1 unspecified atom stereocenters. The maximum Gasteiger partial charge on any atom is 0.328 e. The standard InChI is InChI=1S/C22H25FN4O2/c1-25-19-10-9-17(12-20(19)26(2)22(25)29)24-21(28)16-7-5-11-27(14-16)13-15-6-3-4-8-18(15)23/h3-4,6,8-10,12,16H,5,7,11,13-14H2,1-2H3,(H,24,28). The number of halogens is 1. The van der Waals surface area contributed by atoms with Gasteiger partial charge in [-0.3, -0.25) is 18.8 Å². The van der Waals surface area contributed by atoms with Gasteiger partial charge in [-0.15, -0.1) is 0 Å². The maximum absolute atomic E-state index is 13.9. The number of piperidine rings is 1. The van der Waals surface area contributed by atoms with Crippen LogP contribution >= 0.6 is 0 Å². The molecule has 29 heavy (non-hydrogen) atoms. The van der Waals surface area contributed by atoms with Crippen molar-refractivity contribution in [3.63, 3.8) is 0 Å². The van der Waals surface area contributed by atoms with Crippen molar-refractivity contribution in [1.29, 1.82) is 0 Å². The number of nitrogens with zero attached hydrogens (tertiary/aromatic N) is 3. The first-order valence-corrected chi connectivity index (χ1v) is 9.86. The average molecular weight is 396 g/mol. The van der Waals surface area contributed by atoms with Gasteiger partial charge in [0.1, 0.15) is 5.82 Å². The zero-order chi connectivity index (χ0) is 20.5. The lowest BCUT2D eigenvalue weighted by atomic mass is 9.96. The van der Waals surface area contributed by atoms with Gasteiger partial charge in [0, 0.05) is 38.4 Å². The summed E-state index contributed by atoms with van der Waals surface area (Å²) in [6.07, 6.45) is 1.71. The second kappa shape index (κ2) is 7.83. The van der Waals surface area contributed by atoms with Gasteiger partial charge >= 0.3 is 5.69 Å². The van der Waals surface area contributed by atoms with E-state index in [9.17, 15) is 14.0 Å². The monoisotopic (exact) mass is 396 g/mol. The third kappa shape index (κ3) is 3.82. The summed E-state index contributed by atoms with van der Waals surface area (Å²) < 4.78 is 17.1. The van der Waals surface area contributed by atoms with Gasteiger partial charge in [0.2, 0.25) is 5.91 Å². The van der Waals surface area contributed by atoms with Gasteiger partial charge in [-0.25, -0.2) is 9.18 Å². The van der Waals surface area contributed by atoms with Crippen LogP contribution < -0.4 is 11.0 Å². The first-order valence-electron chi connectivity index (χ1n) is 9.86. The number of hydrogen-bond acceptors (Lipinski definition) is 3. The maximum atomic E-state index is 13.9. The van der Waals surface area contributed by atoms with Crippen molar-refractivity contribution in [3.05, 3.63) is 64.3 Å². The van der Waals surface area contributed by atoms with Gasteiger partial charge < -0.3 is 5.32 Å². The fourth-order valence-corrected chi connectivity index (χ4v) is 4.11. The number of anilines is 1. The van der Waals surface area contributed by atoms with E-state index >= 15 is 0 Å². The number of amides is 1. The average Bonchev–Trinajstić information content (AvgIpc) is 2.94. The molecule has 1 aliphatic heterocycles. The molecule has 1 amide bonds. The van der Waals surface area contributed by atoms with Crippen LogP contribution in [0, 0.1) is 11.7 Å². The second-order valence-electron chi connectivity index (χ2n) is 7.76. The van der Waals surface area contributed by atoms with Gasteiger partial charge in [0.05, 0.1) is 17.0 Å². The summed E-state index contributed by atoms with van der Waals surface area (Å²) in [6.45, 7) is 1.97. The van der Waals surface area contributed by atoms with E-state index in [2.05, 4.69) is 10.2 Å². The van der Waals surface area contributed by atoms with Crippen LogP contribution in [0.3, 0.4) is 0 Å². The van der Waals surface area contributed by atoms with Gasteiger partial charge in [0.25, 0.3) is 0 Å². The third-order valence-corrected chi connectivity index (χ3v) is 5.77. The Morgan fingerprint density at radius 1 is 1.14 bits per heavy atom. The molecular formula is C22H25FN4O2. The number of likely N-dealkylation sites (tertiary alicyclic amines) is 1. The summed E-state index contributed by atoms with van der Waals surface area (Å²) in [5.74, 6) is -0.393. The molecule has 0 saturated carbocycles. The highest BCUT2D eigenvalue weighted by molar-refractivity contribution is 5.94. The summed E-state index contributed by atoms with van der Waals surface area (Å²) in [7, 11) is 3.45. The predicted octanol–water partition coefficient (Wildman–Crippen LogP) is 2.87. The molecule has 2 heterocycles. The Hall–Kier alpha value is -2.93. The summed E-state index contributed by atoms with van der Waals surface area (Å²) in [6, 6.07) is 12.3. The zero-order valence-electron chi connectivity index (χ0n) is 16.7. The van der Waals surface area contributed by atoms with Crippen LogP contribution in [-0.4, -0.2) is 33.0 Å². The van der Waals surface area contributed by atoms with Crippen molar-refractivity contribution in [1.82, 2.24) is 14.0 Å². The molecule has 1 atom stereocenters. The molecule has 6 nitrogen and oxygen atoms in total. The summed E-state index contributed by atoms with van der Waals surface area (Å²) in [5.41, 5.74) is 2.84. The number of fused-ring (bicyclic) bond motifs is 1. The number of hydrogen-bond donors (Lipinski definition) is 1. The topological polar surface area (TPSA) is 59.3 Å². The number of imidazole rings is 1. The number of rotatable bonds is 4. The minimum absolute atomic E-state index is 0.0384. The Balaban J connectivity index is 1.45. The Kier molecular flexibility index (Phi) is 5.24. The molecule has 1 saturated heterocycles. The number of carbonyl (C=O) groups excluding carboxylic acids is 1. The van der Waals surface area contributed by atoms with Crippen LogP contribution in [0.5, 0.6) is 0 Å². The number of nitrogens with one attached hydrogen (secondary N) is 1. The SMILES string of the molecule is Cn1c(=O)n(C)c2cc(NC(=O)C3CCCN(Cc4ccccc4F)C3)ccc21. The summed E-state index contributed by atoms with van der Waals surface area (Å²) in [5, 5.41) is 2.99. The molecule has 1 aromatic heterocycles. The summed E-state index contributed by atoms with van der Waals surface area (Å²) >= 11 is 0. The van der Waals surface area contributed by atoms with Gasteiger partial charge in [0.15, 0.2) is 0 Å². The molecular weight excluding hydrogens is 371 g/mol. The van der Waals surface area contributed by atoms with Crippen molar-refractivity contribution in [2.75, 3.05) is 18.4 Å². The van der Waals surface area contributed by atoms with Crippen LogP contribution in [0.1, 0.15) is 18.4 Å². The predicted molar refractivity (Wildman–Crippen MR) is 111 cm³/mol. The number of aryl methyl sites for hydroxylation is 2. The lowest BCUT2D eigenvalue weighted by molar-refractivity contribution is -0.121. The lowest BCUT2D eigenvalue weighted by Crippen LogP contribution is -2.40. The fourth-order valence-electron chi connectivity index (χ4n) is 4.11. The molecule has 1 fully saturated rings. The van der Waals surface area contributed by atoms with E-state index in [4.69, 9.17) is 0 Å². The first kappa shape index (κ1) is 19.4. The van der Waals surface area contributed by atoms with E-state index in [0.717, 1.165) is 30.4 Å². The Bertz CT molecular complexity index is 1120. The van der Waals surface area contributed by atoms with Crippen molar-refractivity contribution >= 4 is 22.6 Å². The highest BCUT2D eigenvalue weighted by Crippen LogP contribution is 2.23. The molecule has 1 aliphatic rings. The smallest absolute Gasteiger partial charge is 0.326 e. The van der Waals surface area contributed by atoms with Crippen LogP contribution in [0.25, 0.3) is 11.0 Å². The molecule has 0 aliphatic carbocycles. The number of aromatic nitrogens is 2. The molecule has 4 rings (SSSR count). The fraction of sp³-hybridized carbons (Fsp3) is 0.364. The van der Waals surface area contributed by atoms with E-state index in [1.54, 1.807) is 35.4 Å². The molecule has 152 valence electrons. The van der Waals surface area contributed by atoms with E-state index in [-0.39, 0.29) is 23.3 Å². The van der Waals surface area contributed by atoms with Gasteiger partial charge in [-0.2, -0.15) is 0 Å². The molecule has 0 spiro atoms. The van der Waals surface area contributed by atoms with Crippen LogP contribution in [0.15, 0.2) is 47.3 Å². The molecule has 1 N–H and O–H groups in total. The molecule has 0 radical (unpaired) electrons. The van der Waals surface area contributed by atoms with Crippen LogP contribution in [-0.2, 0) is 25.4 Å². The number of carbonyl (C=O) groups is 1. The molecule has 3 aromatic rings. The van der Waals surface area contributed by atoms with Crippen LogP contribution in [0.4, 0.5) is 10.1 Å². The van der Waals surface area contributed by atoms with Crippen molar-refractivity contribution in [2.45, 2.75) is 19.4 Å². The van der Waals surface area contributed by atoms with E-state index < -0.39 is 0 Å². The van der Waals surface area contributed by atoms with E-state index in [0.29, 0.717) is 24.3 Å². The molecule has 0 bridgehead atoms. The second-order valence-corrected chi connectivity index (χ2v) is 7.76.